The predicted octanol–water partition coefficient (Wildman–Crippen LogP) is 2.61. The molecule has 2 atom stereocenters. The molecule has 0 amide bonds. The number of aryl methyl sites for hydroxylation is 1. The standard InChI is InChI=1S/C14H23N3OS2/c1-10-15-13(20-17-10)19-8-6-11-3-2-7-14(11,9-18)16-12-4-5-12/h11-12,16,18H,2-9H2,1H3. The molecule has 4 nitrogen and oxygen atoms in total. The Hall–Kier alpha value is -0.170. The maximum absolute atomic E-state index is 9.89. The number of aromatic nitrogens is 2. The lowest BCUT2D eigenvalue weighted by Gasteiger charge is -2.35. The number of aliphatic hydroxyl groups excluding tert-OH is 1. The maximum atomic E-state index is 9.89. The number of nitrogens with zero attached hydrogens (tertiary/aromatic N) is 2. The Morgan fingerprint density at radius 1 is 1.45 bits per heavy atom. The van der Waals surface area contributed by atoms with Gasteiger partial charge in [-0.1, -0.05) is 18.2 Å². The third-order valence-corrected chi connectivity index (χ3v) is 6.47. The van der Waals surface area contributed by atoms with Crippen LogP contribution in [0.4, 0.5) is 0 Å². The molecule has 112 valence electrons. The third kappa shape index (κ3) is 3.35. The summed E-state index contributed by atoms with van der Waals surface area (Å²) < 4.78 is 5.29. The first-order valence-electron chi connectivity index (χ1n) is 7.53. The normalized spacial score (nSPS) is 30.0. The molecule has 20 heavy (non-hydrogen) atoms. The Morgan fingerprint density at radius 3 is 2.95 bits per heavy atom. The van der Waals surface area contributed by atoms with E-state index in [-0.39, 0.29) is 12.1 Å². The van der Waals surface area contributed by atoms with Crippen LogP contribution < -0.4 is 5.32 Å². The highest BCUT2D eigenvalue weighted by Gasteiger charge is 2.44. The Bertz CT molecular complexity index is 449. The Kier molecular flexibility index (Phi) is 4.65. The van der Waals surface area contributed by atoms with Gasteiger partial charge in [0.2, 0.25) is 0 Å². The van der Waals surface area contributed by atoms with Crippen molar-refractivity contribution < 1.29 is 5.11 Å². The van der Waals surface area contributed by atoms with Crippen molar-refractivity contribution in [2.45, 2.75) is 61.4 Å². The number of aliphatic hydroxyl groups is 1. The average molecular weight is 313 g/mol. The first-order valence-corrected chi connectivity index (χ1v) is 9.29. The predicted molar refractivity (Wildman–Crippen MR) is 83.3 cm³/mol. The van der Waals surface area contributed by atoms with Gasteiger partial charge in [-0.05, 0) is 56.5 Å². The molecule has 1 heterocycles. The molecule has 0 aromatic carbocycles. The number of thioether (sulfide) groups is 1. The van der Waals surface area contributed by atoms with E-state index in [2.05, 4.69) is 14.7 Å². The van der Waals surface area contributed by atoms with Crippen molar-refractivity contribution in [1.29, 1.82) is 0 Å². The van der Waals surface area contributed by atoms with Crippen molar-refractivity contribution in [3.05, 3.63) is 5.82 Å². The molecule has 1 aromatic heterocycles. The van der Waals surface area contributed by atoms with E-state index >= 15 is 0 Å². The second-order valence-electron chi connectivity index (χ2n) is 6.07. The SMILES string of the molecule is Cc1nsc(SCCC2CCCC2(CO)NC2CC2)n1. The molecule has 3 rings (SSSR count). The molecule has 1 aromatic rings. The molecule has 2 N–H and O–H groups in total. The van der Waals surface area contributed by atoms with Gasteiger partial charge in [-0.15, -0.1) is 0 Å². The summed E-state index contributed by atoms with van der Waals surface area (Å²) in [5, 5.41) is 13.6. The molecule has 0 radical (unpaired) electrons. The van der Waals surface area contributed by atoms with E-state index in [4.69, 9.17) is 0 Å². The molecule has 6 heteroatoms. The second-order valence-corrected chi connectivity index (χ2v) is 8.16. The lowest BCUT2D eigenvalue weighted by Crippen LogP contribution is -2.52. The molecule has 0 bridgehead atoms. The largest absolute Gasteiger partial charge is 0.394 e. The summed E-state index contributed by atoms with van der Waals surface area (Å²) in [6.07, 6.45) is 7.35. The van der Waals surface area contributed by atoms with Gasteiger partial charge in [0.05, 0.1) is 6.61 Å². The van der Waals surface area contributed by atoms with Crippen molar-refractivity contribution in [2.24, 2.45) is 5.92 Å². The molecule has 2 aliphatic rings. The van der Waals surface area contributed by atoms with Crippen molar-refractivity contribution in [3.8, 4) is 0 Å². The lowest BCUT2D eigenvalue weighted by molar-refractivity contribution is 0.120. The summed E-state index contributed by atoms with van der Waals surface area (Å²) >= 11 is 3.30. The zero-order valence-corrected chi connectivity index (χ0v) is 13.6. The van der Waals surface area contributed by atoms with E-state index in [0.717, 1.165) is 28.8 Å². The third-order valence-electron chi connectivity index (χ3n) is 4.51. The van der Waals surface area contributed by atoms with Gasteiger partial charge in [-0.3, -0.25) is 0 Å². The molecular weight excluding hydrogens is 290 g/mol. The van der Waals surface area contributed by atoms with Crippen LogP contribution in [0.25, 0.3) is 0 Å². The summed E-state index contributed by atoms with van der Waals surface area (Å²) in [5.41, 5.74) is -0.00122. The zero-order chi connectivity index (χ0) is 14.0. The van der Waals surface area contributed by atoms with Crippen LogP contribution in [-0.4, -0.2) is 38.4 Å². The van der Waals surface area contributed by atoms with Crippen LogP contribution in [0, 0.1) is 12.8 Å². The highest BCUT2D eigenvalue weighted by Crippen LogP contribution is 2.41. The molecule has 2 fully saturated rings. The van der Waals surface area contributed by atoms with E-state index in [1.165, 1.54) is 37.2 Å². The molecule has 0 spiro atoms. The van der Waals surface area contributed by atoms with Gasteiger partial charge in [0.25, 0.3) is 0 Å². The minimum absolute atomic E-state index is 0.00122. The fourth-order valence-corrected chi connectivity index (χ4v) is 5.04. The van der Waals surface area contributed by atoms with E-state index in [1.54, 1.807) is 0 Å². The summed E-state index contributed by atoms with van der Waals surface area (Å²) in [4.78, 5) is 4.40. The highest BCUT2D eigenvalue weighted by molar-refractivity contribution is 8.00. The number of nitrogens with one attached hydrogen (secondary N) is 1. The van der Waals surface area contributed by atoms with Gasteiger partial charge in [0.15, 0.2) is 4.34 Å². The van der Waals surface area contributed by atoms with E-state index in [0.29, 0.717) is 12.0 Å². The maximum Gasteiger partial charge on any atom is 0.170 e. The van der Waals surface area contributed by atoms with Crippen molar-refractivity contribution >= 4 is 23.3 Å². The molecule has 2 unspecified atom stereocenters. The Balaban J connectivity index is 1.52. The molecule has 0 saturated heterocycles. The van der Waals surface area contributed by atoms with Crippen LogP contribution in [0.1, 0.15) is 44.3 Å². The number of rotatable bonds is 7. The Labute approximate surface area is 128 Å². The first-order chi connectivity index (χ1) is 9.72. The van der Waals surface area contributed by atoms with Crippen molar-refractivity contribution in [1.82, 2.24) is 14.7 Å². The van der Waals surface area contributed by atoms with Gasteiger partial charge in [-0.2, -0.15) is 4.37 Å². The molecular formula is C14H23N3OS2. The molecule has 0 aliphatic heterocycles. The molecule has 2 saturated carbocycles. The number of hydrogen-bond acceptors (Lipinski definition) is 6. The summed E-state index contributed by atoms with van der Waals surface area (Å²) in [5.74, 6) is 2.56. The van der Waals surface area contributed by atoms with Crippen LogP contribution in [0.3, 0.4) is 0 Å². The fraction of sp³-hybridized carbons (Fsp3) is 0.857. The highest BCUT2D eigenvalue weighted by atomic mass is 32.2. The van der Waals surface area contributed by atoms with Gasteiger partial charge < -0.3 is 10.4 Å². The van der Waals surface area contributed by atoms with E-state index in [1.807, 2.05) is 18.7 Å². The average Bonchev–Trinajstić information content (AvgIpc) is 3.01. The fourth-order valence-electron chi connectivity index (χ4n) is 3.27. The smallest absolute Gasteiger partial charge is 0.170 e. The quantitative estimate of drug-likeness (QED) is 0.758. The van der Waals surface area contributed by atoms with Crippen LogP contribution in [0.5, 0.6) is 0 Å². The van der Waals surface area contributed by atoms with Crippen molar-refractivity contribution in [2.75, 3.05) is 12.4 Å². The minimum atomic E-state index is -0.00122. The van der Waals surface area contributed by atoms with Crippen LogP contribution in [-0.2, 0) is 0 Å². The first kappa shape index (κ1) is 14.8. The topological polar surface area (TPSA) is 58.0 Å². The minimum Gasteiger partial charge on any atom is -0.394 e. The van der Waals surface area contributed by atoms with Crippen molar-refractivity contribution in [3.63, 3.8) is 0 Å². The van der Waals surface area contributed by atoms with Gasteiger partial charge in [0, 0.05) is 17.3 Å². The zero-order valence-electron chi connectivity index (χ0n) is 12.0. The monoisotopic (exact) mass is 313 g/mol. The number of hydrogen-bond donors (Lipinski definition) is 2. The second kappa shape index (κ2) is 6.30. The van der Waals surface area contributed by atoms with Gasteiger partial charge >= 0.3 is 0 Å². The Morgan fingerprint density at radius 2 is 2.30 bits per heavy atom. The van der Waals surface area contributed by atoms with Gasteiger partial charge in [0.1, 0.15) is 5.82 Å². The lowest BCUT2D eigenvalue weighted by atomic mass is 9.85. The summed E-state index contributed by atoms with van der Waals surface area (Å²) in [6, 6.07) is 0.668. The van der Waals surface area contributed by atoms with Crippen LogP contribution in [0.15, 0.2) is 4.34 Å². The van der Waals surface area contributed by atoms with Gasteiger partial charge in [-0.25, -0.2) is 4.98 Å². The summed E-state index contributed by atoms with van der Waals surface area (Å²) in [7, 11) is 0. The van der Waals surface area contributed by atoms with Crippen LogP contribution >= 0.6 is 23.3 Å². The summed E-state index contributed by atoms with van der Waals surface area (Å²) in [6.45, 7) is 2.23. The van der Waals surface area contributed by atoms with E-state index < -0.39 is 0 Å². The van der Waals surface area contributed by atoms with E-state index in [9.17, 15) is 5.11 Å². The molecule has 2 aliphatic carbocycles. The van der Waals surface area contributed by atoms with Crippen LogP contribution in [0.2, 0.25) is 0 Å².